The van der Waals surface area contributed by atoms with Gasteiger partial charge in [0, 0.05) is 17.0 Å². The van der Waals surface area contributed by atoms with Crippen molar-refractivity contribution >= 4 is 17.3 Å². The molecule has 7 heteroatoms. The molecule has 0 amide bonds. The average molecular weight is 348 g/mol. The standard InChI is InChI=1S/C17H24N4O2S/c1-5-18-17(20-10-15-11(2)21-12(3)24-15)19-9-13-7-6-8-14(23-4)16(13)22/h6-8,22H,5,9-10H2,1-4H3,(H2,18,19,20). The number of ether oxygens (including phenoxy) is 1. The molecule has 0 saturated heterocycles. The Morgan fingerprint density at radius 2 is 2.12 bits per heavy atom. The Morgan fingerprint density at radius 1 is 1.33 bits per heavy atom. The molecule has 1 aromatic heterocycles. The highest BCUT2D eigenvalue weighted by Crippen LogP contribution is 2.29. The molecule has 0 bridgehead atoms. The highest BCUT2D eigenvalue weighted by atomic mass is 32.1. The second-order valence-electron chi connectivity index (χ2n) is 5.26. The van der Waals surface area contributed by atoms with E-state index in [9.17, 15) is 5.11 Å². The number of phenols is 1. The Morgan fingerprint density at radius 3 is 2.75 bits per heavy atom. The average Bonchev–Trinajstić information content (AvgIpc) is 2.89. The predicted molar refractivity (Wildman–Crippen MR) is 97.9 cm³/mol. The summed E-state index contributed by atoms with van der Waals surface area (Å²) in [7, 11) is 1.53. The van der Waals surface area contributed by atoms with E-state index in [4.69, 9.17) is 4.74 Å². The number of hydrogen-bond donors (Lipinski definition) is 3. The number of para-hydroxylation sites is 1. The Hall–Kier alpha value is -2.28. The summed E-state index contributed by atoms with van der Waals surface area (Å²) >= 11 is 1.68. The summed E-state index contributed by atoms with van der Waals surface area (Å²) in [6, 6.07) is 5.40. The molecular formula is C17H24N4O2S. The number of phenolic OH excluding ortho intramolecular Hbond substituents is 1. The molecule has 3 N–H and O–H groups in total. The third-order valence-electron chi connectivity index (χ3n) is 3.47. The Labute approximate surface area is 146 Å². The topological polar surface area (TPSA) is 78.8 Å². The SMILES string of the molecule is CCNC(=NCc1cccc(OC)c1O)NCc1sc(C)nc1C. The summed E-state index contributed by atoms with van der Waals surface area (Å²) in [5, 5.41) is 17.7. The molecule has 0 fully saturated rings. The van der Waals surface area contributed by atoms with Crippen LogP contribution in [0.2, 0.25) is 0 Å². The molecule has 0 unspecified atom stereocenters. The Bertz CT molecular complexity index is 713. The van der Waals surface area contributed by atoms with Crippen molar-refractivity contribution in [1.29, 1.82) is 0 Å². The number of aromatic hydroxyl groups is 1. The number of methoxy groups -OCH3 is 1. The van der Waals surface area contributed by atoms with Crippen molar-refractivity contribution in [2.24, 2.45) is 4.99 Å². The predicted octanol–water partition coefficient (Wildman–Crippen LogP) is 2.73. The molecule has 24 heavy (non-hydrogen) atoms. The maximum Gasteiger partial charge on any atom is 0.191 e. The highest BCUT2D eigenvalue weighted by Gasteiger charge is 2.08. The number of rotatable bonds is 6. The first-order valence-corrected chi connectivity index (χ1v) is 8.66. The maximum atomic E-state index is 10.1. The zero-order chi connectivity index (χ0) is 17.5. The molecule has 2 rings (SSSR count). The zero-order valence-electron chi connectivity index (χ0n) is 14.5. The fourth-order valence-electron chi connectivity index (χ4n) is 2.27. The summed E-state index contributed by atoms with van der Waals surface area (Å²) in [5.41, 5.74) is 1.77. The van der Waals surface area contributed by atoms with Crippen LogP contribution in [-0.2, 0) is 13.1 Å². The fourth-order valence-corrected chi connectivity index (χ4v) is 3.14. The van der Waals surface area contributed by atoms with Crippen LogP contribution in [0.5, 0.6) is 11.5 Å². The van der Waals surface area contributed by atoms with Crippen molar-refractivity contribution in [3.8, 4) is 11.5 Å². The van der Waals surface area contributed by atoms with Crippen molar-refractivity contribution in [2.45, 2.75) is 33.9 Å². The van der Waals surface area contributed by atoms with Gasteiger partial charge >= 0.3 is 0 Å². The lowest BCUT2D eigenvalue weighted by molar-refractivity contribution is 0.370. The Kier molecular flexibility index (Phi) is 6.43. The first-order chi connectivity index (χ1) is 11.5. The number of hydrogen-bond acceptors (Lipinski definition) is 5. The minimum atomic E-state index is 0.133. The summed E-state index contributed by atoms with van der Waals surface area (Å²) < 4.78 is 5.13. The maximum absolute atomic E-state index is 10.1. The molecule has 0 aliphatic carbocycles. The van der Waals surface area contributed by atoms with Gasteiger partial charge in [-0.1, -0.05) is 12.1 Å². The van der Waals surface area contributed by atoms with E-state index in [-0.39, 0.29) is 5.75 Å². The van der Waals surface area contributed by atoms with Gasteiger partial charge in [-0.25, -0.2) is 9.98 Å². The van der Waals surface area contributed by atoms with Crippen LogP contribution in [0.3, 0.4) is 0 Å². The van der Waals surface area contributed by atoms with E-state index in [0.717, 1.165) is 22.8 Å². The fraction of sp³-hybridized carbons (Fsp3) is 0.412. The summed E-state index contributed by atoms with van der Waals surface area (Å²) in [6.07, 6.45) is 0. The highest BCUT2D eigenvalue weighted by molar-refractivity contribution is 7.11. The van der Waals surface area contributed by atoms with Crippen molar-refractivity contribution in [1.82, 2.24) is 15.6 Å². The van der Waals surface area contributed by atoms with Crippen LogP contribution in [0.1, 0.15) is 28.1 Å². The van der Waals surface area contributed by atoms with Crippen LogP contribution >= 0.6 is 11.3 Å². The van der Waals surface area contributed by atoms with Crippen molar-refractivity contribution < 1.29 is 9.84 Å². The number of thiazole rings is 1. The largest absolute Gasteiger partial charge is 0.504 e. The minimum Gasteiger partial charge on any atom is -0.504 e. The second kappa shape index (κ2) is 8.54. The number of aromatic nitrogens is 1. The van der Waals surface area contributed by atoms with E-state index in [2.05, 4.69) is 20.6 Å². The molecule has 0 spiro atoms. The first kappa shape index (κ1) is 18.1. The summed E-state index contributed by atoms with van der Waals surface area (Å²) in [5.74, 6) is 1.29. The molecule has 0 aliphatic rings. The first-order valence-electron chi connectivity index (χ1n) is 7.85. The van der Waals surface area contributed by atoms with E-state index < -0.39 is 0 Å². The number of aryl methyl sites for hydroxylation is 2. The minimum absolute atomic E-state index is 0.133. The van der Waals surface area contributed by atoms with Gasteiger partial charge in [0.05, 0.1) is 30.9 Å². The summed E-state index contributed by atoms with van der Waals surface area (Å²) in [4.78, 5) is 10.2. The summed E-state index contributed by atoms with van der Waals surface area (Å²) in [6.45, 7) is 7.83. The smallest absolute Gasteiger partial charge is 0.191 e. The van der Waals surface area contributed by atoms with Crippen LogP contribution < -0.4 is 15.4 Å². The van der Waals surface area contributed by atoms with E-state index in [0.29, 0.717) is 24.8 Å². The second-order valence-corrected chi connectivity index (χ2v) is 6.55. The van der Waals surface area contributed by atoms with Gasteiger partial charge in [0.25, 0.3) is 0 Å². The molecule has 1 aromatic carbocycles. The molecule has 130 valence electrons. The number of nitrogens with one attached hydrogen (secondary N) is 2. The van der Waals surface area contributed by atoms with Gasteiger partial charge in [-0.3, -0.25) is 0 Å². The molecule has 6 nitrogen and oxygen atoms in total. The molecular weight excluding hydrogens is 324 g/mol. The van der Waals surface area contributed by atoms with Gasteiger partial charge in [-0.2, -0.15) is 0 Å². The van der Waals surface area contributed by atoms with Crippen molar-refractivity contribution in [3.05, 3.63) is 39.3 Å². The van der Waals surface area contributed by atoms with Gasteiger partial charge in [0.15, 0.2) is 17.5 Å². The normalized spacial score (nSPS) is 11.4. The van der Waals surface area contributed by atoms with Gasteiger partial charge in [0.2, 0.25) is 0 Å². The zero-order valence-corrected chi connectivity index (χ0v) is 15.3. The molecule has 2 aromatic rings. The lowest BCUT2D eigenvalue weighted by Gasteiger charge is -2.12. The number of aliphatic imine (C=N–C) groups is 1. The van der Waals surface area contributed by atoms with E-state index in [1.165, 1.54) is 12.0 Å². The van der Waals surface area contributed by atoms with Crippen LogP contribution in [0.15, 0.2) is 23.2 Å². The molecule has 0 radical (unpaired) electrons. The third-order valence-corrected chi connectivity index (χ3v) is 4.54. The molecule has 1 heterocycles. The number of benzene rings is 1. The van der Waals surface area contributed by atoms with Gasteiger partial charge in [-0.15, -0.1) is 11.3 Å². The van der Waals surface area contributed by atoms with Gasteiger partial charge in [-0.05, 0) is 26.8 Å². The monoisotopic (exact) mass is 348 g/mol. The lowest BCUT2D eigenvalue weighted by atomic mass is 10.2. The van der Waals surface area contributed by atoms with Crippen molar-refractivity contribution in [2.75, 3.05) is 13.7 Å². The van der Waals surface area contributed by atoms with E-state index in [1.807, 2.05) is 32.9 Å². The molecule has 0 aliphatic heterocycles. The number of guanidine groups is 1. The number of nitrogens with zero attached hydrogens (tertiary/aromatic N) is 2. The Balaban J connectivity index is 2.06. The van der Waals surface area contributed by atoms with Crippen LogP contribution in [0.4, 0.5) is 0 Å². The van der Waals surface area contributed by atoms with E-state index in [1.54, 1.807) is 17.4 Å². The van der Waals surface area contributed by atoms with Crippen LogP contribution in [0.25, 0.3) is 0 Å². The van der Waals surface area contributed by atoms with Crippen molar-refractivity contribution in [3.63, 3.8) is 0 Å². The lowest BCUT2D eigenvalue weighted by Crippen LogP contribution is -2.36. The molecule has 0 saturated carbocycles. The quantitative estimate of drug-likeness (QED) is 0.553. The van der Waals surface area contributed by atoms with Crippen LogP contribution in [-0.4, -0.2) is 29.7 Å². The van der Waals surface area contributed by atoms with Crippen LogP contribution in [0, 0.1) is 13.8 Å². The van der Waals surface area contributed by atoms with E-state index >= 15 is 0 Å². The van der Waals surface area contributed by atoms with Gasteiger partial charge in [0.1, 0.15) is 0 Å². The third kappa shape index (κ3) is 4.61. The van der Waals surface area contributed by atoms with Gasteiger partial charge < -0.3 is 20.5 Å². The molecule has 0 atom stereocenters.